The van der Waals surface area contributed by atoms with Crippen molar-refractivity contribution in [1.29, 1.82) is 0 Å². The van der Waals surface area contributed by atoms with Crippen LogP contribution >= 0.6 is 22.9 Å². The predicted octanol–water partition coefficient (Wildman–Crippen LogP) is 4.07. The average Bonchev–Trinajstić information content (AvgIpc) is 3.45. The van der Waals surface area contributed by atoms with Gasteiger partial charge in [-0.2, -0.15) is 5.10 Å². The minimum Gasteiger partial charge on any atom is -0.336 e. The van der Waals surface area contributed by atoms with Crippen molar-refractivity contribution in [3.05, 3.63) is 76.4 Å². The Bertz CT molecular complexity index is 1180. The number of piperazine rings is 1. The minimum absolute atomic E-state index is 0.0155. The second-order valence-corrected chi connectivity index (χ2v) is 8.62. The first kappa shape index (κ1) is 19.2. The van der Waals surface area contributed by atoms with Gasteiger partial charge in [0.15, 0.2) is 5.65 Å². The summed E-state index contributed by atoms with van der Waals surface area (Å²) in [6.07, 6.45) is 3.38. The van der Waals surface area contributed by atoms with Crippen molar-refractivity contribution in [3.63, 3.8) is 0 Å². The van der Waals surface area contributed by atoms with Crippen LogP contribution in [0.5, 0.6) is 0 Å². The molecule has 1 aliphatic rings. The summed E-state index contributed by atoms with van der Waals surface area (Å²) in [5.74, 6) is -0.0155. The van der Waals surface area contributed by atoms with Gasteiger partial charge in [0.05, 0.1) is 16.8 Å². The molecule has 0 atom stereocenters. The van der Waals surface area contributed by atoms with Gasteiger partial charge in [-0.1, -0.05) is 35.9 Å². The van der Waals surface area contributed by atoms with E-state index >= 15 is 0 Å². The smallest absolute Gasteiger partial charge is 0.259 e. The molecule has 0 unspecified atom stereocenters. The number of carbonyl (C=O) groups excluding carboxylic acids is 1. The maximum absolute atomic E-state index is 13.2. The third kappa shape index (κ3) is 3.60. The van der Waals surface area contributed by atoms with Gasteiger partial charge in [0.1, 0.15) is 5.56 Å². The number of nitrogens with zero attached hydrogens (tertiary/aromatic N) is 5. The first-order chi connectivity index (χ1) is 14.7. The molecule has 1 saturated heterocycles. The fourth-order valence-corrected chi connectivity index (χ4v) is 4.73. The summed E-state index contributed by atoms with van der Waals surface area (Å²) in [4.78, 5) is 22.9. The topological polar surface area (TPSA) is 53.7 Å². The zero-order chi connectivity index (χ0) is 20.5. The van der Waals surface area contributed by atoms with Crippen molar-refractivity contribution < 1.29 is 4.79 Å². The van der Waals surface area contributed by atoms with Crippen molar-refractivity contribution in [2.45, 2.75) is 6.54 Å². The van der Waals surface area contributed by atoms with Gasteiger partial charge in [0.2, 0.25) is 0 Å². The van der Waals surface area contributed by atoms with Crippen molar-refractivity contribution in [2.75, 3.05) is 26.2 Å². The SMILES string of the molecule is O=C(c1cnn2c(-c3cccs3)ccnc12)N1CCN(Cc2ccccc2Cl)CC1. The molecular formula is C22H20ClN5OS. The molecule has 0 aliphatic carbocycles. The van der Waals surface area contributed by atoms with E-state index in [1.165, 1.54) is 0 Å². The standard InChI is InChI=1S/C22H20ClN5OS/c23-18-5-2-1-4-16(18)15-26-9-11-27(12-10-26)22(29)17-14-25-28-19(7-8-24-21(17)28)20-6-3-13-30-20/h1-8,13-14H,9-12,15H2. The molecule has 1 fully saturated rings. The van der Waals surface area contributed by atoms with Crippen LogP contribution in [0.1, 0.15) is 15.9 Å². The van der Waals surface area contributed by atoms with Crippen LogP contribution in [0.2, 0.25) is 5.02 Å². The Labute approximate surface area is 183 Å². The Kier molecular flexibility index (Phi) is 5.25. The summed E-state index contributed by atoms with van der Waals surface area (Å²) in [5.41, 5.74) is 3.21. The molecule has 1 amide bonds. The van der Waals surface area contributed by atoms with Crippen molar-refractivity contribution in [3.8, 4) is 10.6 Å². The van der Waals surface area contributed by atoms with Crippen LogP contribution in [0.25, 0.3) is 16.2 Å². The van der Waals surface area contributed by atoms with Crippen molar-refractivity contribution >= 4 is 34.5 Å². The Hall–Kier alpha value is -2.74. The van der Waals surface area contributed by atoms with Crippen molar-refractivity contribution in [2.24, 2.45) is 0 Å². The maximum Gasteiger partial charge on any atom is 0.259 e. The molecule has 0 bridgehead atoms. The Balaban J connectivity index is 1.31. The first-order valence-electron chi connectivity index (χ1n) is 9.82. The molecule has 30 heavy (non-hydrogen) atoms. The van der Waals surface area contributed by atoms with E-state index in [0.29, 0.717) is 24.3 Å². The number of hydrogen-bond acceptors (Lipinski definition) is 5. The molecule has 152 valence electrons. The van der Waals surface area contributed by atoms with Crippen LogP contribution in [-0.4, -0.2) is 56.5 Å². The maximum atomic E-state index is 13.2. The van der Waals surface area contributed by atoms with E-state index in [9.17, 15) is 4.79 Å². The highest BCUT2D eigenvalue weighted by atomic mass is 35.5. The lowest BCUT2D eigenvalue weighted by Crippen LogP contribution is -2.48. The molecule has 4 aromatic rings. The largest absolute Gasteiger partial charge is 0.336 e. The quantitative estimate of drug-likeness (QED) is 0.483. The van der Waals surface area contributed by atoms with E-state index in [4.69, 9.17) is 11.6 Å². The summed E-state index contributed by atoms with van der Waals surface area (Å²) in [5, 5.41) is 7.27. The van der Waals surface area contributed by atoms with Gasteiger partial charge in [-0.25, -0.2) is 9.50 Å². The first-order valence-corrected chi connectivity index (χ1v) is 11.1. The monoisotopic (exact) mass is 437 g/mol. The van der Waals surface area contributed by atoms with Gasteiger partial charge in [0, 0.05) is 43.9 Å². The molecule has 6 nitrogen and oxygen atoms in total. The molecule has 1 aliphatic heterocycles. The van der Waals surface area contributed by atoms with E-state index < -0.39 is 0 Å². The fourth-order valence-electron chi connectivity index (χ4n) is 3.80. The van der Waals surface area contributed by atoms with Crippen LogP contribution in [0.4, 0.5) is 0 Å². The lowest BCUT2D eigenvalue weighted by atomic mass is 10.2. The Morgan fingerprint density at radius 1 is 1.07 bits per heavy atom. The number of fused-ring (bicyclic) bond motifs is 1. The normalized spacial score (nSPS) is 15.0. The Morgan fingerprint density at radius 2 is 1.90 bits per heavy atom. The lowest BCUT2D eigenvalue weighted by Gasteiger charge is -2.34. The number of carbonyl (C=O) groups is 1. The Morgan fingerprint density at radius 3 is 2.67 bits per heavy atom. The van der Waals surface area contributed by atoms with Gasteiger partial charge >= 0.3 is 0 Å². The summed E-state index contributed by atoms with van der Waals surface area (Å²) in [7, 11) is 0. The van der Waals surface area contributed by atoms with Gasteiger partial charge in [0.25, 0.3) is 5.91 Å². The number of thiophene rings is 1. The zero-order valence-electron chi connectivity index (χ0n) is 16.2. The number of amides is 1. The summed E-state index contributed by atoms with van der Waals surface area (Å²) >= 11 is 7.93. The summed E-state index contributed by atoms with van der Waals surface area (Å²) in [6.45, 7) is 3.76. The third-order valence-corrected chi connectivity index (χ3v) is 6.68. The molecular weight excluding hydrogens is 418 g/mol. The molecule has 1 aromatic carbocycles. The van der Waals surface area contributed by atoms with Gasteiger partial charge in [-0.3, -0.25) is 9.69 Å². The van der Waals surface area contributed by atoms with E-state index in [-0.39, 0.29) is 5.91 Å². The molecule has 0 spiro atoms. The summed E-state index contributed by atoms with van der Waals surface area (Å²) < 4.78 is 1.76. The number of rotatable bonds is 4. The average molecular weight is 438 g/mol. The van der Waals surface area contributed by atoms with Crippen LogP contribution in [0.3, 0.4) is 0 Å². The summed E-state index contributed by atoms with van der Waals surface area (Å²) in [6, 6.07) is 13.9. The van der Waals surface area contributed by atoms with Crippen molar-refractivity contribution in [1.82, 2.24) is 24.4 Å². The predicted molar refractivity (Wildman–Crippen MR) is 119 cm³/mol. The van der Waals surface area contributed by atoms with Gasteiger partial charge in [-0.05, 0) is 29.1 Å². The van der Waals surface area contributed by atoms with Crippen LogP contribution in [0, 0.1) is 0 Å². The highest BCUT2D eigenvalue weighted by Gasteiger charge is 2.25. The van der Waals surface area contributed by atoms with E-state index in [1.54, 1.807) is 28.2 Å². The van der Waals surface area contributed by atoms with Gasteiger partial charge in [-0.15, -0.1) is 11.3 Å². The molecule has 8 heteroatoms. The molecule has 4 heterocycles. The second-order valence-electron chi connectivity index (χ2n) is 7.26. The lowest BCUT2D eigenvalue weighted by molar-refractivity contribution is 0.0630. The fraction of sp³-hybridized carbons (Fsp3) is 0.227. The number of benzene rings is 1. The third-order valence-electron chi connectivity index (χ3n) is 5.42. The highest BCUT2D eigenvalue weighted by Crippen LogP contribution is 2.26. The van der Waals surface area contributed by atoms with Crippen LogP contribution in [0.15, 0.2) is 60.2 Å². The van der Waals surface area contributed by atoms with E-state index in [2.05, 4.69) is 21.0 Å². The molecule has 5 rings (SSSR count). The molecule has 0 radical (unpaired) electrons. The minimum atomic E-state index is -0.0155. The number of halogens is 1. The number of aromatic nitrogens is 3. The molecule has 0 N–H and O–H groups in total. The number of hydrogen-bond donors (Lipinski definition) is 0. The zero-order valence-corrected chi connectivity index (χ0v) is 17.8. The van der Waals surface area contributed by atoms with Crippen LogP contribution < -0.4 is 0 Å². The molecule has 3 aromatic heterocycles. The molecule has 0 saturated carbocycles. The second kappa shape index (κ2) is 8.18. The van der Waals surface area contributed by atoms with Gasteiger partial charge < -0.3 is 4.90 Å². The van der Waals surface area contributed by atoms with E-state index in [0.717, 1.165) is 40.8 Å². The van der Waals surface area contributed by atoms with Crippen LogP contribution in [-0.2, 0) is 6.54 Å². The van der Waals surface area contributed by atoms with E-state index in [1.807, 2.05) is 46.7 Å². The highest BCUT2D eigenvalue weighted by molar-refractivity contribution is 7.13.